The molecular weight excluding hydrogens is 287 g/mol. The first-order valence-corrected chi connectivity index (χ1v) is 10.6. The Morgan fingerprint density at radius 2 is 1.89 bits per heavy atom. The number of nitrogens with zero attached hydrogens (tertiary/aromatic N) is 1. The van der Waals surface area contributed by atoms with Crippen LogP contribution < -0.4 is 0 Å². The average molecular weight is 303 g/mol. The molecule has 0 aliphatic heterocycles. The van der Waals surface area contributed by atoms with Crippen LogP contribution in [0.4, 0.5) is 13.2 Å². The monoisotopic (exact) mass is 303 g/mol. The molecule has 1 aromatic rings. The lowest BCUT2D eigenvalue weighted by Gasteiger charge is -2.16. The van der Waals surface area contributed by atoms with Crippen molar-refractivity contribution in [3.05, 3.63) is 29.3 Å². The van der Waals surface area contributed by atoms with Crippen molar-refractivity contribution in [2.75, 3.05) is 5.75 Å². The molecule has 1 aromatic carbocycles. The molecule has 19 heavy (non-hydrogen) atoms. The minimum atomic E-state index is -4.47. The smallest absolute Gasteiger partial charge is 0.192 e. The van der Waals surface area contributed by atoms with Crippen molar-refractivity contribution >= 4 is 19.8 Å². The van der Waals surface area contributed by atoms with Crippen molar-refractivity contribution < 1.29 is 13.2 Å². The molecule has 0 fully saturated rings. The van der Waals surface area contributed by atoms with Crippen LogP contribution in [-0.4, -0.2) is 13.8 Å². The largest absolute Gasteiger partial charge is 0.417 e. The van der Waals surface area contributed by atoms with Gasteiger partial charge in [0.2, 0.25) is 0 Å². The molecule has 0 N–H and O–H groups in total. The van der Waals surface area contributed by atoms with Gasteiger partial charge in [-0.2, -0.15) is 18.4 Å². The van der Waals surface area contributed by atoms with E-state index in [2.05, 4.69) is 19.6 Å². The predicted octanol–water partition coefficient (Wildman–Crippen LogP) is 5.01. The van der Waals surface area contributed by atoms with Gasteiger partial charge in [0.05, 0.1) is 11.1 Å². The Kier molecular flexibility index (Phi) is 5.10. The molecule has 0 bridgehead atoms. The zero-order chi connectivity index (χ0) is 14.7. The summed E-state index contributed by atoms with van der Waals surface area (Å²) < 4.78 is 38.3. The third kappa shape index (κ3) is 4.92. The molecule has 0 amide bonds. The maximum absolute atomic E-state index is 12.8. The summed E-state index contributed by atoms with van der Waals surface area (Å²) in [6, 6.07) is 6.61. The SMILES string of the molecule is C[Si](C)(C)CCSc1cccc(C(F)(F)F)c1C#N. The highest BCUT2D eigenvalue weighted by Crippen LogP contribution is 2.36. The number of rotatable bonds is 4. The topological polar surface area (TPSA) is 23.8 Å². The van der Waals surface area contributed by atoms with Gasteiger partial charge in [-0.25, -0.2) is 0 Å². The first-order chi connectivity index (χ1) is 8.65. The van der Waals surface area contributed by atoms with E-state index in [1.54, 1.807) is 12.1 Å². The summed E-state index contributed by atoms with van der Waals surface area (Å²) in [4.78, 5) is 0.426. The minimum Gasteiger partial charge on any atom is -0.192 e. The summed E-state index contributed by atoms with van der Waals surface area (Å²) in [5.41, 5.74) is -1.09. The number of benzene rings is 1. The highest BCUT2D eigenvalue weighted by Gasteiger charge is 2.34. The maximum Gasteiger partial charge on any atom is 0.417 e. The Morgan fingerprint density at radius 3 is 2.37 bits per heavy atom. The van der Waals surface area contributed by atoms with Crippen LogP contribution in [0.25, 0.3) is 0 Å². The molecule has 0 heterocycles. The van der Waals surface area contributed by atoms with Gasteiger partial charge >= 0.3 is 6.18 Å². The fourth-order valence-corrected chi connectivity index (χ4v) is 5.02. The Hall–Kier alpha value is -0.933. The molecule has 1 nitrogen and oxygen atoms in total. The third-order valence-corrected chi connectivity index (χ3v) is 5.72. The Bertz CT molecular complexity index is 486. The summed E-state index contributed by atoms with van der Waals surface area (Å²) in [5, 5.41) is 8.97. The second kappa shape index (κ2) is 6.01. The van der Waals surface area contributed by atoms with Crippen LogP contribution in [0, 0.1) is 11.3 Å². The standard InChI is InChI=1S/C13H16F3NSSi/c1-19(2,3)8-7-18-12-6-4-5-11(10(12)9-17)13(14,15)16/h4-6H,7-8H2,1-3H3. The van der Waals surface area contributed by atoms with E-state index in [9.17, 15) is 13.2 Å². The van der Waals surface area contributed by atoms with E-state index in [1.165, 1.54) is 17.8 Å². The van der Waals surface area contributed by atoms with Gasteiger partial charge in [-0.3, -0.25) is 0 Å². The van der Waals surface area contributed by atoms with Gasteiger partial charge < -0.3 is 0 Å². The number of nitriles is 1. The molecule has 0 spiro atoms. The summed E-state index contributed by atoms with van der Waals surface area (Å²) in [7, 11) is -1.21. The molecule has 0 saturated heterocycles. The number of thioether (sulfide) groups is 1. The highest BCUT2D eigenvalue weighted by atomic mass is 32.2. The summed E-state index contributed by atoms with van der Waals surface area (Å²) in [6.07, 6.45) is -4.47. The van der Waals surface area contributed by atoms with E-state index in [0.29, 0.717) is 4.90 Å². The molecule has 0 unspecified atom stereocenters. The molecule has 0 aromatic heterocycles. The van der Waals surface area contributed by atoms with Gasteiger partial charge in [0.1, 0.15) is 6.07 Å². The van der Waals surface area contributed by atoms with E-state index < -0.39 is 19.8 Å². The first-order valence-electron chi connectivity index (χ1n) is 5.88. The minimum absolute atomic E-state index is 0.254. The molecule has 0 aliphatic carbocycles. The summed E-state index contributed by atoms with van der Waals surface area (Å²) >= 11 is 1.34. The lowest BCUT2D eigenvalue weighted by molar-refractivity contribution is -0.137. The zero-order valence-electron chi connectivity index (χ0n) is 11.1. The van der Waals surface area contributed by atoms with Crippen molar-refractivity contribution in [1.82, 2.24) is 0 Å². The van der Waals surface area contributed by atoms with E-state index in [4.69, 9.17) is 5.26 Å². The first kappa shape index (κ1) is 16.1. The average Bonchev–Trinajstić information content (AvgIpc) is 2.25. The van der Waals surface area contributed by atoms with Crippen LogP contribution in [-0.2, 0) is 6.18 Å². The van der Waals surface area contributed by atoms with Gasteiger partial charge in [-0.15, -0.1) is 11.8 Å². The molecule has 1 rings (SSSR count). The van der Waals surface area contributed by atoms with Gasteiger partial charge in [0.25, 0.3) is 0 Å². The Balaban J connectivity index is 2.94. The summed E-state index contributed by atoms with van der Waals surface area (Å²) in [6.45, 7) is 6.64. The van der Waals surface area contributed by atoms with Gasteiger partial charge in [-0.1, -0.05) is 25.7 Å². The van der Waals surface area contributed by atoms with Crippen molar-refractivity contribution in [1.29, 1.82) is 5.26 Å². The van der Waals surface area contributed by atoms with Crippen molar-refractivity contribution in [2.45, 2.75) is 36.8 Å². The predicted molar refractivity (Wildman–Crippen MR) is 75.0 cm³/mol. The lowest BCUT2D eigenvalue weighted by Crippen LogP contribution is -2.19. The Labute approximate surface area is 116 Å². The van der Waals surface area contributed by atoms with Crippen LogP contribution in [0.1, 0.15) is 11.1 Å². The van der Waals surface area contributed by atoms with Crippen LogP contribution >= 0.6 is 11.8 Å². The van der Waals surface area contributed by atoms with Gasteiger partial charge in [0.15, 0.2) is 0 Å². The molecule has 0 atom stereocenters. The second-order valence-electron chi connectivity index (χ2n) is 5.45. The Morgan fingerprint density at radius 1 is 1.26 bits per heavy atom. The van der Waals surface area contributed by atoms with Gasteiger partial charge in [0, 0.05) is 13.0 Å². The van der Waals surface area contributed by atoms with Crippen LogP contribution in [0.2, 0.25) is 25.7 Å². The van der Waals surface area contributed by atoms with Crippen LogP contribution in [0.5, 0.6) is 0 Å². The summed E-state index contributed by atoms with van der Waals surface area (Å²) in [5.74, 6) is 0.756. The third-order valence-electron chi connectivity index (χ3n) is 2.55. The fraction of sp³-hybridized carbons (Fsp3) is 0.462. The van der Waals surface area contributed by atoms with Crippen LogP contribution in [0.3, 0.4) is 0 Å². The maximum atomic E-state index is 12.8. The second-order valence-corrected chi connectivity index (χ2v) is 12.2. The van der Waals surface area contributed by atoms with E-state index in [1.807, 2.05) is 0 Å². The quantitative estimate of drug-likeness (QED) is 0.577. The van der Waals surface area contributed by atoms with Gasteiger partial charge in [-0.05, 0) is 23.9 Å². The number of hydrogen-bond acceptors (Lipinski definition) is 2. The van der Waals surface area contributed by atoms with E-state index >= 15 is 0 Å². The molecule has 0 aliphatic rings. The number of halogens is 3. The number of hydrogen-bond donors (Lipinski definition) is 0. The van der Waals surface area contributed by atoms with Crippen molar-refractivity contribution in [3.63, 3.8) is 0 Å². The lowest BCUT2D eigenvalue weighted by atomic mass is 10.1. The molecule has 0 saturated carbocycles. The number of alkyl halides is 3. The van der Waals surface area contributed by atoms with Crippen LogP contribution in [0.15, 0.2) is 23.1 Å². The fourth-order valence-electron chi connectivity index (χ4n) is 1.47. The normalized spacial score (nSPS) is 12.3. The van der Waals surface area contributed by atoms with E-state index in [-0.39, 0.29) is 5.56 Å². The van der Waals surface area contributed by atoms with E-state index in [0.717, 1.165) is 17.9 Å². The molecular formula is C13H16F3NSSi. The highest BCUT2D eigenvalue weighted by molar-refractivity contribution is 7.99. The molecule has 104 valence electrons. The van der Waals surface area contributed by atoms with Crippen molar-refractivity contribution in [2.24, 2.45) is 0 Å². The molecule has 6 heteroatoms. The van der Waals surface area contributed by atoms with Crippen molar-refractivity contribution in [3.8, 4) is 6.07 Å². The zero-order valence-corrected chi connectivity index (χ0v) is 13.0. The molecule has 0 radical (unpaired) electrons.